The zero-order valence-electron chi connectivity index (χ0n) is 13.7. The van der Waals surface area contributed by atoms with E-state index in [1.165, 1.54) is 18.3 Å². The minimum absolute atomic E-state index is 0.269. The molecule has 0 unspecified atom stereocenters. The van der Waals surface area contributed by atoms with Crippen molar-refractivity contribution in [1.82, 2.24) is 0 Å². The van der Waals surface area contributed by atoms with Gasteiger partial charge in [0.15, 0.2) is 6.71 Å². The van der Waals surface area contributed by atoms with E-state index in [0.29, 0.717) is 17.2 Å². The van der Waals surface area contributed by atoms with E-state index in [1.807, 2.05) is 12.1 Å². The van der Waals surface area contributed by atoms with E-state index in [2.05, 4.69) is 47.5 Å². The lowest BCUT2D eigenvalue weighted by atomic mass is 9.38. The van der Waals surface area contributed by atoms with Crippen LogP contribution in [0.4, 0.5) is 0 Å². The molecule has 0 amide bonds. The highest BCUT2D eigenvalue weighted by molar-refractivity contribution is 6.74. The van der Waals surface area contributed by atoms with Crippen LogP contribution < -0.4 is 5.46 Å². The lowest BCUT2D eigenvalue weighted by Crippen LogP contribution is -2.40. The third kappa shape index (κ3) is 4.18. The second kappa shape index (κ2) is 6.75. The first-order chi connectivity index (χ1) is 9.10. The summed E-state index contributed by atoms with van der Waals surface area (Å²) < 4.78 is 0. The van der Waals surface area contributed by atoms with E-state index in [1.54, 1.807) is 0 Å². The third-order valence-electron chi connectivity index (χ3n) is 5.02. The van der Waals surface area contributed by atoms with Gasteiger partial charge >= 0.3 is 0 Å². The average Bonchev–Trinajstić information content (AvgIpc) is 2.27. The summed E-state index contributed by atoms with van der Waals surface area (Å²) >= 11 is 12.3. The summed E-state index contributed by atoms with van der Waals surface area (Å²) in [6, 6.07) is 5.85. The number of hydrogen-bond donors (Lipinski definition) is 0. The summed E-state index contributed by atoms with van der Waals surface area (Å²) in [5.41, 5.74) is 1.80. The Morgan fingerprint density at radius 2 is 1.65 bits per heavy atom. The Kier molecular flexibility index (Phi) is 6.05. The Morgan fingerprint density at radius 3 is 2.15 bits per heavy atom. The standard InChI is InChI=1S/C17H27BCl2/c1-7-10-16(2,3)17(4,5)12-18(6)14-9-8-13(19)11-15(14)20/h8-9,11H,7,10,12H2,1-6H3. The van der Waals surface area contributed by atoms with Gasteiger partial charge in [-0.15, -0.1) is 0 Å². The maximum absolute atomic E-state index is 6.34. The van der Waals surface area contributed by atoms with Crippen molar-refractivity contribution >= 4 is 35.4 Å². The average molecular weight is 313 g/mol. The summed E-state index contributed by atoms with van der Waals surface area (Å²) in [7, 11) is 0. The number of halogens is 2. The summed E-state index contributed by atoms with van der Waals surface area (Å²) in [4.78, 5) is 0. The predicted octanol–water partition coefficient (Wildman–Crippen LogP) is 6.18. The smallest absolute Gasteiger partial charge is 0.0849 e. The zero-order valence-corrected chi connectivity index (χ0v) is 15.2. The van der Waals surface area contributed by atoms with Gasteiger partial charge in [-0.25, -0.2) is 0 Å². The molecule has 1 aromatic rings. The summed E-state index contributed by atoms with van der Waals surface area (Å²) in [5.74, 6) is 0. The van der Waals surface area contributed by atoms with Crippen molar-refractivity contribution < 1.29 is 0 Å². The molecule has 0 aliphatic heterocycles. The lowest BCUT2D eigenvalue weighted by Gasteiger charge is -2.43. The molecule has 0 N–H and O–H groups in total. The van der Waals surface area contributed by atoms with Gasteiger partial charge in [-0.3, -0.25) is 0 Å². The van der Waals surface area contributed by atoms with Gasteiger partial charge in [0.05, 0.1) is 0 Å². The molecule has 112 valence electrons. The molecular formula is C17H27BCl2. The Morgan fingerprint density at radius 1 is 1.05 bits per heavy atom. The molecular weight excluding hydrogens is 286 g/mol. The van der Waals surface area contributed by atoms with Crippen molar-refractivity contribution in [2.45, 2.75) is 60.6 Å². The van der Waals surface area contributed by atoms with Crippen molar-refractivity contribution in [2.24, 2.45) is 10.8 Å². The molecule has 0 bridgehead atoms. The largest absolute Gasteiger partial charge is 0.175 e. The van der Waals surface area contributed by atoms with Crippen LogP contribution in [0.3, 0.4) is 0 Å². The Bertz CT molecular complexity index is 452. The SMILES string of the molecule is CCCC(C)(C)C(C)(C)CB(C)c1ccc(Cl)cc1Cl. The van der Waals surface area contributed by atoms with Gasteiger partial charge in [-0.05, 0) is 29.4 Å². The van der Waals surface area contributed by atoms with Crippen LogP contribution in [0.25, 0.3) is 0 Å². The molecule has 0 heterocycles. The molecule has 20 heavy (non-hydrogen) atoms. The zero-order chi connectivity index (χ0) is 15.6. The van der Waals surface area contributed by atoms with E-state index >= 15 is 0 Å². The number of benzene rings is 1. The fourth-order valence-electron chi connectivity index (χ4n) is 3.02. The molecule has 1 rings (SSSR count). The van der Waals surface area contributed by atoms with Gasteiger partial charge in [0, 0.05) is 10.0 Å². The van der Waals surface area contributed by atoms with Gasteiger partial charge in [0.2, 0.25) is 0 Å². The first-order valence-electron chi connectivity index (χ1n) is 7.55. The third-order valence-corrected chi connectivity index (χ3v) is 5.58. The van der Waals surface area contributed by atoms with Crippen molar-refractivity contribution in [3.05, 3.63) is 28.2 Å². The first kappa shape index (κ1) is 17.9. The molecule has 0 spiro atoms. The van der Waals surface area contributed by atoms with Crippen molar-refractivity contribution in [3.8, 4) is 0 Å². The molecule has 0 aliphatic carbocycles. The Labute approximate surface area is 135 Å². The molecule has 0 aliphatic rings. The second-order valence-corrected chi connectivity index (χ2v) is 8.13. The molecule has 0 saturated heterocycles. The van der Waals surface area contributed by atoms with Crippen molar-refractivity contribution in [1.29, 1.82) is 0 Å². The van der Waals surface area contributed by atoms with E-state index in [4.69, 9.17) is 23.2 Å². The molecule has 3 heteroatoms. The fraction of sp³-hybridized carbons (Fsp3) is 0.647. The van der Waals surface area contributed by atoms with Crippen LogP contribution in [-0.2, 0) is 0 Å². The molecule has 0 fully saturated rings. The molecule has 1 aromatic carbocycles. The van der Waals surface area contributed by atoms with E-state index in [9.17, 15) is 0 Å². The molecule has 0 radical (unpaired) electrons. The van der Waals surface area contributed by atoms with Crippen LogP contribution in [0.2, 0.25) is 23.2 Å². The van der Waals surface area contributed by atoms with Gasteiger partial charge in [-0.2, -0.15) is 0 Å². The maximum Gasteiger partial charge on any atom is 0.175 e. The highest BCUT2D eigenvalue weighted by atomic mass is 35.5. The second-order valence-electron chi connectivity index (χ2n) is 7.29. The predicted molar refractivity (Wildman–Crippen MR) is 95.0 cm³/mol. The van der Waals surface area contributed by atoms with Gasteiger partial charge in [0.1, 0.15) is 0 Å². The number of hydrogen-bond acceptors (Lipinski definition) is 0. The first-order valence-corrected chi connectivity index (χ1v) is 8.31. The monoisotopic (exact) mass is 312 g/mol. The molecule has 0 aromatic heterocycles. The van der Waals surface area contributed by atoms with Crippen LogP contribution in [-0.4, -0.2) is 6.71 Å². The van der Waals surface area contributed by atoms with E-state index in [0.717, 1.165) is 11.3 Å². The van der Waals surface area contributed by atoms with Crippen molar-refractivity contribution in [2.75, 3.05) is 0 Å². The normalized spacial score (nSPS) is 12.6. The highest BCUT2D eigenvalue weighted by Crippen LogP contribution is 2.45. The highest BCUT2D eigenvalue weighted by Gasteiger charge is 2.38. The minimum atomic E-state index is 0.269. The van der Waals surface area contributed by atoms with Crippen LogP contribution in [0.1, 0.15) is 47.5 Å². The Balaban J connectivity index is 2.91. The Hall–Kier alpha value is -0.135. The lowest BCUT2D eigenvalue weighted by molar-refractivity contribution is 0.118. The van der Waals surface area contributed by atoms with Gasteiger partial charge < -0.3 is 0 Å². The number of rotatable bonds is 6. The molecule has 0 atom stereocenters. The van der Waals surface area contributed by atoms with Crippen molar-refractivity contribution in [3.63, 3.8) is 0 Å². The summed E-state index contributed by atoms with van der Waals surface area (Å²) in [6.07, 6.45) is 3.61. The fourth-order valence-corrected chi connectivity index (χ4v) is 3.61. The van der Waals surface area contributed by atoms with Crippen LogP contribution >= 0.6 is 23.2 Å². The van der Waals surface area contributed by atoms with Crippen LogP contribution in [0.15, 0.2) is 18.2 Å². The molecule has 0 nitrogen and oxygen atoms in total. The van der Waals surface area contributed by atoms with Crippen LogP contribution in [0.5, 0.6) is 0 Å². The molecule has 0 saturated carbocycles. The maximum atomic E-state index is 6.34. The summed E-state index contributed by atoms with van der Waals surface area (Å²) in [6.45, 7) is 14.5. The van der Waals surface area contributed by atoms with E-state index in [-0.39, 0.29) is 5.41 Å². The van der Waals surface area contributed by atoms with Gasteiger partial charge in [-0.1, -0.05) is 88.9 Å². The minimum Gasteiger partial charge on any atom is -0.0849 e. The summed E-state index contributed by atoms with van der Waals surface area (Å²) in [5, 5.41) is 1.49. The van der Waals surface area contributed by atoms with Crippen LogP contribution in [0, 0.1) is 10.8 Å². The quantitative estimate of drug-likeness (QED) is 0.550. The topological polar surface area (TPSA) is 0 Å². The van der Waals surface area contributed by atoms with E-state index < -0.39 is 0 Å². The van der Waals surface area contributed by atoms with Gasteiger partial charge in [0.25, 0.3) is 0 Å².